The lowest BCUT2D eigenvalue weighted by Gasteiger charge is -2.15. The van der Waals surface area contributed by atoms with Crippen molar-refractivity contribution >= 4 is 0 Å². The second kappa shape index (κ2) is 6.09. The van der Waals surface area contributed by atoms with Crippen LogP contribution in [0.1, 0.15) is 32.1 Å². The van der Waals surface area contributed by atoms with Crippen LogP contribution in [-0.2, 0) is 6.42 Å². The van der Waals surface area contributed by atoms with E-state index in [2.05, 4.69) is 32.3 Å². The van der Waals surface area contributed by atoms with Gasteiger partial charge in [-0.1, -0.05) is 12.1 Å². The van der Waals surface area contributed by atoms with Gasteiger partial charge in [-0.2, -0.15) is 4.98 Å². The molecule has 1 atom stereocenters. The summed E-state index contributed by atoms with van der Waals surface area (Å²) in [5.74, 6) is 1.97. The Bertz CT molecular complexity index is 538. The van der Waals surface area contributed by atoms with Crippen LogP contribution in [-0.4, -0.2) is 32.7 Å². The van der Waals surface area contributed by atoms with E-state index in [4.69, 9.17) is 4.52 Å². The molecule has 2 aromatic rings. The maximum atomic E-state index is 5.35. The Balaban J connectivity index is 1.67. The number of aromatic nitrogens is 4. The first kappa shape index (κ1) is 13.2. The fourth-order valence-corrected chi connectivity index (χ4v) is 2.29. The monoisotopic (exact) mass is 273 g/mol. The predicted molar refractivity (Wildman–Crippen MR) is 73.8 cm³/mol. The average molecular weight is 273 g/mol. The molecule has 2 heterocycles. The molecular weight excluding hydrogens is 254 g/mol. The summed E-state index contributed by atoms with van der Waals surface area (Å²) in [5, 5.41) is 7.57. The first-order chi connectivity index (χ1) is 9.86. The van der Waals surface area contributed by atoms with Crippen molar-refractivity contribution in [2.24, 2.45) is 5.92 Å². The minimum atomic E-state index is 0.452. The van der Waals surface area contributed by atoms with Crippen LogP contribution in [0.2, 0.25) is 0 Å². The molecule has 20 heavy (non-hydrogen) atoms. The molecule has 106 valence electrons. The minimum Gasteiger partial charge on any atom is -0.339 e. The zero-order valence-electron chi connectivity index (χ0n) is 11.6. The number of nitrogens with zero attached hydrogens (tertiary/aromatic N) is 4. The summed E-state index contributed by atoms with van der Waals surface area (Å²) in [4.78, 5) is 12.4. The fourth-order valence-electron chi connectivity index (χ4n) is 2.29. The molecular formula is C14H19N5O. The molecule has 0 aromatic carbocycles. The van der Waals surface area contributed by atoms with Crippen molar-refractivity contribution in [1.82, 2.24) is 25.4 Å². The lowest BCUT2D eigenvalue weighted by molar-refractivity contribution is 0.346. The average Bonchev–Trinajstić information content (AvgIpc) is 3.23. The topological polar surface area (TPSA) is 76.7 Å². The van der Waals surface area contributed by atoms with Gasteiger partial charge in [-0.25, -0.2) is 9.97 Å². The Morgan fingerprint density at radius 1 is 1.45 bits per heavy atom. The van der Waals surface area contributed by atoms with Gasteiger partial charge in [-0.3, -0.25) is 0 Å². The van der Waals surface area contributed by atoms with Crippen molar-refractivity contribution < 1.29 is 4.52 Å². The van der Waals surface area contributed by atoms with Crippen molar-refractivity contribution in [3.05, 3.63) is 24.5 Å². The third kappa shape index (κ3) is 3.19. The van der Waals surface area contributed by atoms with Crippen LogP contribution >= 0.6 is 0 Å². The Labute approximate surface area is 118 Å². The van der Waals surface area contributed by atoms with Crippen molar-refractivity contribution in [1.29, 1.82) is 0 Å². The molecule has 3 rings (SSSR count). The quantitative estimate of drug-likeness (QED) is 0.829. The van der Waals surface area contributed by atoms with E-state index >= 15 is 0 Å². The van der Waals surface area contributed by atoms with E-state index in [1.807, 2.05) is 0 Å². The normalized spacial score (nSPS) is 16.2. The molecule has 1 fully saturated rings. The van der Waals surface area contributed by atoms with Crippen LogP contribution in [0.3, 0.4) is 0 Å². The molecule has 1 aliphatic rings. The lowest BCUT2D eigenvalue weighted by Crippen LogP contribution is -2.33. The van der Waals surface area contributed by atoms with Gasteiger partial charge in [0.2, 0.25) is 11.7 Å². The largest absolute Gasteiger partial charge is 0.339 e. The van der Waals surface area contributed by atoms with E-state index in [1.54, 1.807) is 12.3 Å². The molecule has 0 amide bonds. The van der Waals surface area contributed by atoms with Gasteiger partial charge in [0.05, 0.1) is 0 Å². The van der Waals surface area contributed by atoms with Gasteiger partial charge < -0.3 is 9.84 Å². The molecule has 0 spiro atoms. The number of hydrogen-bond donors (Lipinski definition) is 1. The summed E-state index contributed by atoms with van der Waals surface area (Å²) in [6.45, 7) is 3.21. The highest BCUT2D eigenvalue weighted by Crippen LogP contribution is 2.34. The zero-order valence-corrected chi connectivity index (χ0v) is 11.6. The van der Waals surface area contributed by atoms with Gasteiger partial charge in [0, 0.05) is 18.7 Å². The van der Waals surface area contributed by atoms with Crippen LogP contribution in [0.4, 0.5) is 0 Å². The van der Waals surface area contributed by atoms with Gasteiger partial charge in [-0.15, -0.1) is 0 Å². The first-order valence-corrected chi connectivity index (χ1v) is 7.19. The second-order valence-corrected chi connectivity index (χ2v) is 5.21. The van der Waals surface area contributed by atoms with Gasteiger partial charge in [0.1, 0.15) is 12.0 Å². The highest BCUT2D eigenvalue weighted by atomic mass is 16.5. The van der Waals surface area contributed by atoms with Crippen molar-refractivity contribution in [2.45, 2.75) is 38.6 Å². The second-order valence-electron chi connectivity index (χ2n) is 5.21. The summed E-state index contributed by atoms with van der Waals surface area (Å²) in [5.41, 5.74) is 0.694. The zero-order chi connectivity index (χ0) is 13.8. The Morgan fingerprint density at radius 3 is 3.05 bits per heavy atom. The van der Waals surface area contributed by atoms with E-state index < -0.39 is 0 Å². The molecule has 6 heteroatoms. The molecule has 0 aliphatic heterocycles. The maximum Gasteiger partial charge on any atom is 0.228 e. The van der Waals surface area contributed by atoms with Crippen LogP contribution in [0.15, 0.2) is 23.1 Å². The molecule has 2 aromatic heterocycles. The SMILES string of the molecule is CCCNC(Cc1nc(-c2ccncn2)no1)C1CC1. The summed E-state index contributed by atoms with van der Waals surface area (Å²) >= 11 is 0. The highest BCUT2D eigenvalue weighted by Gasteiger charge is 2.32. The molecule has 1 N–H and O–H groups in total. The summed E-state index contributed by atoms with van der Waals surface area (Å²) in [6, 6.07) is 2.23. The number of hydrogen-bond acceptors (Lipinski definition) is 6. The Morgan fingerprint density at radius 2 is 2.35 bits per heavy atom. The van der Waals surface area contributed by atoms with E-state index in [1.165, 1.54) is 19.2 Å². The lowest BCUT2D eigenvalue weighted by atomic mass is 10.1. The van der Waals surface area contributed by atoms with Crippen LogP contribution in [0, 0.1) is 5.92 Å². The van der Waals surface area contributed by atoms with E-state index in [9.17, 15) is 0 Å². The van der Waals surface area contributed by atoms with E-state index in [0.717, 1.165) is 25.3 Å². The molecule has 0 bridgehead atoms. The first-order valence-electron chi connectivity index (χ1n) is 7.19. The Hall–Kier alpha value is -1.82. The van der Waals surface area contributed by atoms with Crippen molar-refractivity contribution in [2.75, 3.05) is 6.54 Å². The molecule has 0 radical (unpaired) electrons. The summed E-state index contributed by atoms with van der Waals surface area (Å²) in [6.07, 6.45) is 7.69. The number of nitrogens with one attached hydrogen (secondary N) is 1. The predicted octanol–water partition coefficient (Wildman–Crippen LogP) is 1.85. The fraction of sp³-hybridized carbons (Fsp3) is 0.571. The van der Waals surface area contributed by atoms with Crippen molar-refractivity contribution in [3.8, 4) is 11.5 Å². The van der Waals surface area contributed by atoms with Crippen LogP contribution in [0.25, 0.3) is 11.5 Å². The maximum absolute atomic E-state index is 5.35. The summed E-state index contributed by atoms with van der Waals surface area (Å²) < 4.78 is 5.35. The smallest absolute Gasteiger partial charge is 0.228 e. The Kier molecular flexibility index (Phi) is 4.01. The standard InChI is InChI=1S/C14H19N5O/c1-2-6-16-12(10-3-4-10)8-13-18-14(19-20-13)11-5-7-15-9-17-11/h5,7,9-10,12,16H,2-4,6,8H2,1H3. The van der Waals surface area contributed by atoms with Crippen molar-refractivity contribution in [3.63, 3.8) is 0 Å². The minimum absolute atomic E-state index is 0.452. The van der Waals surface area contributed by atoms with E-state index in [-0.39, 0.29) is 0 Å². The van der Waals surface area contributed by atoms with E-state index in [0.29, 0.717) is 23.5 Å². The van der Waals surface area contributed by atoms with Crippen LogP contribution < -0.4 is 5.32 Å². The van der Waals surface area contributed by atoms with Gasteiger partial charge in [0.15, 0.2) is 0 Å². The molecule has 1 saturated carbocycles. The van der Waals surface area contributed by atoms with Crippen LogP contribution in [0.5, 0.6) is 0 Å². The van der Waals surface area contributed by atoms with Gasteiger partial charge in [-0.05, 0) is 37.8 Å². The third-order valence-corrected chi connectivity index (χ3v) is 3.52. The molecule has 6 nitrogen and oxygen atoms in total. The molecule has 1 unspecified atom stereocenters. The summed E-state index contributed by atoms with van der Waals surface area (Å²) in [7, 11) is 0. The molecule has 1 aliphatic carbocycles. The number of rotatable bonds is 7. The third-order valence-electron chi connectivity index (χ3n) is 3.52. The molecule has 0 saturated heterocycles. The highest BCUT2D eigenvalue weighted by molar-refractivity contribution is 5.46. The van der Waals surface area contributed by atoms with Gasteiger partial charge >= 0.3 is 0 Å². The van der Waals surface area contributed by atoms with Gasteiger partial charge in [0.25, 0.3) is 0 Å².